The Morgan fingerprint density at radius 1 is 1.50 bits per heavy atom. The molecule has 2 N–H and O–H groups in total. The van der Waals surface area contributed by atoms with Crippen molar-refractivity contribution in [3.05, 3.63) is 29.8 Å². The highest BCUT2D eigenvalue weighted by Gasteiger charge is 2.24. The third-order valence-corrected chi connectivity index (χ3v) is 3.20. The number of nitrogen functional groups attached to an aromatic ring is 1. The first-order chi connectivity index (χ1) is 8.66. The lowest BCUT2D eigenvalue weighted by Crippen LogP contribution is -2.39. The molecule has 0 bridgehead atoms. The molecule has 1 aromatic rings. The molecule has 4 heteroatoms. The molecule has 0 aliphatic carbocycles. The molecule has 1 fully saturated rings. The Morgan fingerprint density at radius 2 is 2.33 bits per heavy atom. The van der Waals surface area contributed by atoms with E-state index in [1.807, 2.05) is 31.3 Å². The smallest absolute Gasteiger partial charge is 0.251 e. The minimum absolute atomic E-state index is 0.0668. The summed E-state index contributed by atoms with van der Waals surface area (Å²) >= 11 is 0. The predicted octanol–water partition coefficient (Wildman–Crippen LogP) is 1.80. The van der Waals surface area contributed by atoms with Gasteiger partial charge in [0.1, 0.15) is 6.10 Å². The zero-order valence-corrected chi connectivity index (χ0v) is 10.8. The van der Waals surface area contributed by atoms with E-state index in [1.54, 1.807) is 4.90 Å². The Balaban J connectivity index is 1.94. The number of likely N-dealkylation sites (N-methyl/N-ethyl adjacent to an activating group) is 1. The van der Waals surface area contributed by atoms with Crippen LogP contribution in [0.4, 0.5) is 5.69 Å². The topological polar surface area (TPSA) is 55.6 Å². The maximum atomic E-state index is 12.2. The fourth-order valence-electron chi connectivity index (χ4n) is 2.22. The maximum Gasteiger partial charge on any atom is 0.251 e. The molecule has 1 atom stereocenters. The number of ether oxygens (including phenoxy) is 1. The van der Waals surface area contributed by atoms with Gasteiger partial charge >= 0.3 is 0 Å². The monoisotopic (exact) mass is 248 g/mol. The van der Waals surface area contributed by atoms with Crippen molar-refractivity contribution in [3.8, 4) is 0 Å². The van der Waals surface area contributed by atoms with Crippen LogP contribution in [0.2, 0.25) is 0 Å². The number of benzene rings is 1. The van der Waals surface area contributed by atoms with Crippen LogP contribution in [0.25, 0.3) is 0 Å². The summed E-state index contributed by atoms with van der Waals surface area (Å²) in [6, 6.07) is 7.61. The van der Waals surface area contributed by atoms with Gasteiger partial charge in [0.2, 0.25) is 0 Å². The highest BCUT2D eigenvalue weighted by Crippen LogP contribution is 2.16. The molecule has 0 spiro atoms. The van der Waals surface area contributed by atoms with Crippen LogP contribution in [-0.4, -0.2) is 30.6 Å². The van der Waals surface area contributed by atoms with Gasteiger partial charge in [0.05, 0.1) is 0 Å². The standard InChI is InChI=1S/C14H20N2O2/c1-16(10-11-5-4-6-12(15)9-11)14(17)13-7-2-3-8-18-13/h4-6,9,13H,2-3,7-8,10,15H2,1H3. The van der Waals surface area contributed by atoms with E-state index in [2.05, 4.69) is 0 Å². The van der Waals surface area contributed by atoms with Crippen molar-refractivity contribution in [2.45, 2.75) is 31.9 Å². The first-order valence-corrected chi connectivity index (χ1v) is 6.38. The molecule has 1 unspecified atom stereocenters. The third kappa shape index (κ3) is 3.23. The number of rotatable bonds is 3. The Bertz CT molecular complexity index is 414. The molecule has 0 aromatic heterocycles. The lowest BCUT2D eigenvalue weighted by molar-refractivity contribution is -0.145. The van der Waals surface area contributed by atoms with Gasteiger partial charge in [-0.05, 0) is 37.0 Å². The minimum Gasteiger partial charge on any atom is -0.399 e. The largest absolute Gasteiger partial charge is 0.399 e. The average Bonchev–Trinajstić information content (AvgIpc) is 2.39. The maximum absolute atomic E-state index is 12.2. The quantitative estimate of drug-likeness (QED) is 0.830. The van der Waals surface area contributed by atoms with Gasteiger partial charge in [0.15, 0.2) is 0 Å². The zero-order chi connectivity index (χ0) is 13.0. The molecule has 1 amide bonds. The van der Waals surface area contributed by atoms with E-state index in [9.17, 15) is 4.79 Å². The third-order valence-electron chi connectivity index (χ3n) is 3.20. The lowest BCUT2D eigenvalue weighted by Gasteiger charge is -2.26. The molecule has 98 valence electrons. The van der Waals surface area contributed by atoms with Crippen LogP contribution in [0.1, 0.15) is 24.8 Å². The summed E-state index contributed by atoms with van der Waals surface area (Å²) in [6.45, 7) is 1.27. The molecule has 1 heterocycles. The summed E-state index contributed by atoms with van der Waals surface area (Å²) in [7, 11) is 1.81. The van der Waals surface area contributed by atoms with Gasteiger partial charge < -0.3 is 15.4 Å². The predicted molar refractivity (Wildman–Crippen MR) is 70.9 cm³/mol. The molecule has 0 saturated carbocycles. The van der Waals surface area contributed by atoms with Gasteiger partial charge in [0, 0.05) is 25.9 Å². The highest BCUT2D eigenvalue weighted by atomic mass is 16.5. The molecule has 1 aliphatic rings. The first kappa shape index (κ1) is 12.9. The van der Waals surface area contributed by atoms with E-state index in [-0.39, 0.29) is 12.0 Å². The van der Waals surface area contributed by atoms with E-state index in [1.165, 1.54) is 0 Å². The molecule has 1 aromatic carbocycles. The second-order valence-corrected chi connectivity index (χ2v) is 4.79. The van der Waals surface area contributed by atoms with E-state index < -0.39 is 0 Å². The van der Waals surface area contributed by atoms with Crippen molar-refractivity contribution in [1.82, 2.24) is 4.90 Å². The van der Waals surface area contributed by atoms with Gasteiger partial charge in [0.25, 0.3) is 5.91 Å². The molecular weight excluding hydrogens is 228 g/mol. The molecule has 18 heavy (non-hydrogen) atoms. The normalized spacial score (nSPS) is 19.5. The lowest BCUT2D eigenvalue weighted by atomic mass is 10.1. The highest BCUT2D eigenvalue weighted by molar-refractivity contribution is 5.80. The molecule has 1 aliphatic heterocycles. The number of hydrogen-bond acceptors (Lipinski definition) is 3. The Labute approximate surface area is 108 Å². The summed E-state index contributed by atoms with van der Waals surface area (Å²) < 4.78 is 5.51. The van der Waals surface area contributed by atoms with E-state index in [0.717, 1.165) is 30.5 Å². The molecule has 2 rings (SSSR count). The van der Waals surface area contributed by atoms with Crippen LogP contribution in [0.3, 0.4) is 0 Å². The van der Waals surface area contributed by atoms with Crippen LogP contribution in [-0.2, 0) is 16.1 Å². The van der Waals surface area contributed by atoms with Crippen LogP contribution >= 0.6 is 0 Å². The average molecular weight is 248 g/mol. The fraction of sp³-hybridized carbons (Fsp3) is 0.500. The van der Waals surface area contributed by atoms with Gasteiger partial charge in [-0.25, -0.2) is 0 Å². The number of anilines is 1. The van der Waals surface area contributed by atoms with Crippen molar-refractivity contribution in [2.75, 3.05) is 19.4 Å². The second kappa shape index (κ2) is 5.87. The Kier molecular flexibility index (Phi) is 4.20. The van der Waals surface area contributed by atoms with Crippen LogP contribution < -0.4 is 5.73 Å². The molecule has 1 saturated heterocycles. The Morgan fingerprint density at radius 3 is 3.00 bits per heavy atom. The molecule has 0 radical (unpaired) electrons. The first-order valence-electron chi connectivity index (χ1n) is 6.38. The van der Waals surface area contributed by atoms with Gasteiger partial charge in [-0.2, -0.15) is 0 Å². The summed E-state index contributed by atoms with van der Waals surface area (Å²) in [4.78, 5) is 13.9. The van der Waals surface area contributed by atoms with Crippen molar-refractivity contribution in [1.29, 1.82) is 0 Å². The number of nitrogens with two attached hydrogens (primary N) is 1. The Hall–Kier alpha value is -1.55. The SMILES string of the molecule is CN(Cc1cccc(N)c1)C(=O)C1CCCCO1. The van der Waals surface area contributed by atoms with Crippen molar-refractivity contribution in [2.24, 2.45) is 0 Å². The van der Waals surface area contributed by atoms with Crippen molar-refractivity contribution < 1.29 is 9.53 Å². The van der Waals surface area contributed by atoms with Gasteiger partial charge in [-0.3, -0.25) is 4.79 Å². The number of hydrogen-bond donors (Lipinski definition) is 1. The summed E-state index contributed by atoms with van der Waals surface area (Å²) in [5, 5.41) is 0. The number of carbonyl (C=O) groups excluding carboxylic acids is 1. The fourth-order valence-corrected chi connectivity index (χ4v) is 2.22. The van der Waals surface area contributed by atoms with Crippen LogP contribution in [0.15, 0.2) is 24.3 Å². The van der Waals surface area contributed by atoms with Gasteiger partial charge in [-0.15, -0.1) is 0 Å². The molecule has 4 nitrogen and oxygen atoms in total. The summed E-state index contributed by atoms with van der Waals surface area (Å²) in [5.41, 5.74) is 7.49. The van der Waals surface area contributed by atoms with E-state index in [0.29, 0.717) is 13.2 Å². The summed E-state index contributed by atoms with van der Waals surface area (Å²) in [6.07, 6.45) is 2.70. The van der Waals surface area contributed by atoms with E-state index >= 15 is 0 Å². The number of amides is 1. The second-order valence-electron chi connectivity index (χ2n) is 4.79. The van der Waals surface area contributed by atoms with Crippen molar-refractivity contribution in [3.63, 3.8) is 0 Å². The number of nitrogens with zero attached hydrogens (tertiary/aromatic N) is 1. The van der Waals surface area contributed by atoms with Crippen LogP contribution in [0, 0.1) is 0 Å². The van der Waals surface area contributed by atoms with Crippen LogP contribution in [0.5, 0.6) is 0 Å². The van der Waals surface area contributed by atoms with E-state index in [4.69, 9.17) is 10.5 Å². The zero-order valence-electron chi connectivity index (χ0n) is 10.8. The van der Waals surface area contributed by atoms with Crippen molar-refractivity contribution >= 4 is 11.6 Å². The van der Waals surface area contributed by atoms with Gasteiger partial charge in [-0.1, -0.05) is 12.1 Å². The number of carbonyl (C=O) groups is 1. The summed E-state index contributed by atoms with van der Waals surface area (Å²) in [5.74, 6) is 0.0668. The minimum atomic E-state index is -0.259. The molecular formula is C14H20N2O2.